The van der Waals surface area contributed by atoms with Gasteiger partial charge in [0, 0.05) is 0 Å². The summed E-state index contributed by atoms with van der Waals surface area (Å²) in [4.78, 5) is 29.9. The monoisotopic (exact) mass is 418 g/mol. The smallest absolute Gasteiger partial charge is 0.420 e. The first-order chi connectivity index (χ1) is 13.4. The van der Waals surface area contributed by atoms with Crippen molar-refractivity contribution in [2.24, 2.45) is 0 Å². The predicted octanol–water partition coefficient (Wildman–Crippen LogP) is 4.91. The van der Waals surface area contributed by atoms with E-state index < -0.39 is 17.4 Å². The number of fused-ring (bicyclic) bond motifs is 1. The molecule has 0 saturated carbocycles. The van der Waals surface area contributed by atoms with E-state index in [0.29, 0.717) is 23.6 Å². The van der Waals surface area contributed by atoms with Crippen molar-refractivity contribution in [2.45, 2.75) is 25.8 Å². The van der Waals surface area contributed by atoms with Crippen LogP contribution in [0.15, 0.2) is 42.5 Å². The number of para-hydroxylation sites is 1. The third-order valence-electron chi connectivity index (χ3n) is 4.03. The normalized spacial score (nSPS) is 11.9. The molecule has 0 saturated heterocycles. The molecule has 1 heterocycles. The highest BCUT2D eigenvalue weighted by molar-refractivity contribution is 7.18. The highest BCUT2D eigenvalue weighted by Crippen LogP contribution is 2.28. The van der Waals surface area contributed by atoms with Gasteiger partial charge in [-0.2, -0.15) is 0 Å². The van der Waals surface area contributed by atoms with Gasteiger partial charge in [-0.1, -0.05) is 12.1 Å². The quantitative estimate of drug-likeness (QED) is 0.550. The van der Waals surface area contributed by atoms with E-state index in [9.17, 15) is 9.59 Å². The Balaban J connectivity index is 1.78. The minimum Gasteiger partial charge on any atom is -0.486 e. The van der Waals surface area contributed by atoms with Gasteiger partial charge in [0.2, 0.25) is 0 Å². The highest BCUT2D eigenvalue weighted by Gasteiger charge is 2.28. The summed E-state index contributed by atoms with van der Waals surface area (Å²) < 4.78 is 11.7. The molecule has 0 aliphatic carbocycles. The molecule has 0 spiro atoms. The van der Waals surface area contributed by atoms with Crippen molar-refractivity contribution in [1.82, 2.24) is 4.98 Å². The number of methoxy groups -OCH3 is 1. The molecule has 1 aromatic heterocycles. The number of halogens is 1. The average molecular weight is 419 g/mol. The van der Waals surface area contributed by atoms with Crippen LogP contribution in [0.1, 0.15) is 17.5 Å². The number of anilines is 1. The van der Waals surface area contributed by atoms with E-state index in [4.69, 9.17) is 21.1 Å². The van der Waals surface area contributed by atoms with Gasteiger partial charge in [0.1, 0.15) is 22.7 Å². The van der Waals surface area contributed by atoms with Gasteiger partial charge in [0.15, 0.2) is 0 Å². The Kier molecular flexibility index (Phi) is 6.16. The first-order valence-electron chi connectivity index (χ1n) is 8.54. The van der Waals surface area contributed by atoms with Crippen LogP contribution in [0.5, 0.6) is 5.75 Å². The molecule has 3 aromatic rings. The zero-order chi connectivity index (χ0) is 20.3. The van der Waals surface area contributed by atoms with Crippen LogP contribution in [0, 0.1) is 6.92 Å². The lowest BCUT2D eigenvalue weighted by atomic mass is 10.1. The molecule has 1 unspecified atom stereocenters. The molecule has 28 heavy (non-hydrogen) atoms. The molecule has 0 N–H and O–H groups in total. The summed E-state index contributed by atoms with van der Waals surface area (Å²) in [5, 5.41) is -0.00118. The fourth-order valence-corrected chi connectivity index (χ4v) is 3.65. The maximum absolute atomic E-state index is 12.3. The minimum absolute atomic E-state index is 0.330. The zero-order valence-corrected chi connectivity index (χ0v) is 17.2. The van der Waals surface area contributed by atoms with E-state index in [-0.39, 0.29) is 0 Å². The van der Waals surface area contributed by atoms with Crippen LogP contribution in [-0.4, -0.2) is 29.5 Å². The second-order valence-electron chi connectivity index (χ2n) is 6.07. The number of imide groups is 1. The molecular formula is C20H19ClN2O4S. The van der Waals surface area contributed by atoms with Crippen molar-refractivity contribution >= 4 is 50.8 Å². The van der Waals surface area contributed by atoms with Crippen molar-refractivity contribution in [2.75, 3.05) is 12.0 Å². The first kappa shape index (κ1) is 20.1. The summed E-state index contributed by atoms with van der Waals surface area (Å²) in [6.45, 7) is 3.61. The number of alkyl halides is 1. The average Bonchev–Trinajstić information content (AvgIpc) is 3.10. The molecule has 0 bridgehead atoms. The molecule has 3 rings (SSSR count). The van der Waals surface area contributed by atoms with Crippen LogP contribution in [0.4, 0.5) is 10.5 Å². The van der Waals surface area contributed by atoms with Gasteiger partial charge < -0.3 is 9.47 Å². The third-order valence-corrected chi connectivity index (χ3v) is 5.22. The highest BCUT2D eigenvalue weighted by atomic mass is 35.5. The second-order valence-corrected chi connectivity index (χ2v) is 7.84. The van der Waals surface area contributed by atoms with E-state index in [0.717, 1.165) is 20.1 Å². The zero-order valence-electron chi connectivity index (χ0n) is 15.6. The Morgan fingerprint density at radius 3 is 2.64 bits per heavy atom. The molecule has 146 valence electrons. The molecule has 6 nitrogen and oxygen atoms in total. The molecular weight excluding hydrogens is 400 g/mol. The van der Waals surface area contributed by atoms with Gasteiger partial charge in [0.05, 0.1) is 23.0 Å². The Morgan fingerprint density at radius 2 is 2.00 bits per heavy atom. The van der Waals surface area contributed by atoms with E-state index in [1.165, 1.54) is 14.0 Å². The van der Waals surface area contributed by atoms with Crippen LogP contribution in [0.3, 0.4) is 0 Å². The molecule has 0 radical (unpaired) electrons. The van der Waals surface area contributed by atoms with E-state index in [1.807, 2.05) is 24.3 Å². The van der Waals surface area contributed by atoms with E-state index in [2.05, 4.69) is 4.98 Å². The number of rotatable bonds is 5. The number of benzene rings is 2. The lowest BCUT2D eigenvalue weighted by Crippen LogP contribution is -2.41. The predicted molar refractivity (Wildman–Crippen MR) is 110 cm³/mol. The Bertz CT molecular complexity index is 985. The van der Waals surface area contributed by atoms with Crippen molar-refractivity contribution < 1.29 is 19.1 Å². The van der Waals surface area contributed by atoms with Gasteiger partial charge in [-0.3, -0.25) is 4.79 Å². The lowest BCUT2D eigenvalue weighted by Gasteiger charge is -2.22. The summed E-state index contributed by atoms with van der Waals surface area (Å²) >= 11 is 7.46. The van der Waals surface area contributed by atoms with Crippen LogP contribution in [0.2, 0.25) is 0 Å². The Labute approximate surface area is 171 Å². The van der Waals surface area contributed by atoms with Gasteiger partial charge in [-0.15, -0.1) is 22.9 Å². The summed E-state index contributed by atoms with van der Waals surface area (Å²) in [6.07, 6.45) is -0.788. The number of ether oxygens (including phenoxy) is 2. The van der Waals surface area contributed by atoms with Crippen molar-refractivity contribution in [3.8, 4) is 5.75 Å². The van der Waals surface area contributed by atoms with Gasteiger partial charge in [0.25, 0.3) is 5.91 Å². The van der Waals surface area contributed by atoms with Gasteiger partial charge in [-0.25, -0.2) is 14.7 Å². The fraction of sp³-hybridized carbons (Fsp3) is 0.250. The van der Waals surface area contributed by atoms with Crippen molar-refractivity contribution in [3.63, 3.8) is 0 Å². The van der Waals surface area contributed by atoms with Crippen LogP contribution >= 0.6 is 22.9 Å². The lowest BCUT2D eigenvalue weighted by molar-refractivity contribution is -0.117. The summed E-state index contributed by atoms with van der Waals surface area (Å²) in [6, 6.07) is 13.0. The number of hydrogen-bond donors (Lipinski definition) is 0. The number of thiazole rings is 1. The maximum atomic E-state index is 12.3. The molecule has 1 atom stereocenters. The number of amides is 2. The summed E-state index contributed by atoms with van der Waals surface area (Å²) in [5.41, 5.74) is 2.02. The third kappa shape index (κ3) is 4.26. The number of carbonyl (C=O) groups excluding carboxylic acids is 2. The molecule has 8 heteroatoms. The largest absolute Gasteiger partial charge is 0.486 e. The topological polar surface area (TPSA) is 68.7 Å². The number of carbonyl (C=O) groups is 2. The van der Waals surface area contributed by atoms with Gasteiger partial charge >= 0.3 is 6.09 Å². The Morgan fingerprint density at radius 1 is 1.25 bits per heavy atom. The van der Waals surface area contributed by atoms with Crippen molar-refractivity contribution in [1.29, 1.82) is 0 Å². The summed E-state index contributed by atoms with van der Waals surface area (Å²) in [5.74, 6) is 0.0523. The van der Waals surface area contributed by atoms with E-state index >= 15 is 0 Å². The van der Waals surface area contributed by atoms with Crippen LogP contribution < -0.4 is 9.64 Å². The number of aromatic nitrogens is 1. The molecule has 0 aliphatic rings. The molecule has 2 amide bonds. The van der Waals surface area contributed by atoms with Crippen molar-refractivity contribution in [3.05, 3.63) is 53.0 Å². The number of nitrogens with zero attached hydrogens (tertiary/aromatic N) is 2. The minimum atomic E-state index is -0.867. The van der Waals surface area contributed by atoms with E-state index in [1.54, 1.807) is 36.5 Å². The second kappa shape index (κ2) is 8.58. The molecule has 2 aromatic carbocycles. The van der Waals surface area contributed by atoms with Crippen LogP contribution in [-0.2, 0) is 16.1 Å². The standard InChI is InChI=1S/C20H19ClN2O4S/c1-12-10-14(27-11-18-22-15-6-4-5-7-17(15)28-18)8-9-16(12)23(20(25)26-3)19(24)13(2)21/h4-10,13H,11H2,1-3H3. The molecule has 0 aliphatic heterocycles. The first-order valence-corrected chi connectivity index (χ1v) is 9.80. The number of aryl methyl sites for hydroxylation is 1. The van der Waals surface area contributed by atoms with Crippen LogP contribution in [0.25, 0.3) is 10.2 Å². The van der Waals surface area contributed by atoms with Gasteiger partial charge in [-0.05, 0) is 49.7 Å². The number of hydrogen-bond acceptors (Lipinski definition) is 6. The SMILES string of the molecule is COC(=O)N(C(=O)C(C)Cl)c1ccc(OCc2nc3ccccc3s2)cc1C. The Hall–Kier alpha value is -2.64. The fourth-order valence-electron chi connectivity index (χ4n) is 2.67. The summed E-state index contributed by atoms with van der Waals surface area (Å²) in [7, 11) is 1.21. The maximum Gasteiger partial charge on any atom is 0.420 e. The molecule has 0 fully saturated rings.